The van der Waals surface area contributed by atoms with Gasteiger partial charge in [0, 0.05) is 32.7 Å². The lowest BCUT2D eigenvalue weighted by Gasteiger charge is -2.26. The number of piperazine rings is 1. The Morgan fingerprint density at radius 3 is 2.55 bits per heavy atom. The average Bonchev–Trinajstić information content (AvgIpc) is 2.52. The smallest absolute Gasteiger partial charge is 0.311 e. The largest absolute Gasteiger partial charge is 0.376 e. The number of nitrogens with zero attached hydrogens (tertiary/aromatic N) is 1. The van der Waals surface area contributed by atoms with E-state index < -0.39 is 11.8 Å². The lowest BCUT2D eigenvalue weighted by Crippen LogP contribution is -2.51. The second kappa shape index (κ2) is 8.21. The van der Waals surface area contributed by atoms with E-state index in [1.54, 1.807) is 4.90 Å². The summed E-state index contributed by atoms with van der Waals surface area (Å²) < 4.78 is 5.71. The van der Waals surface area contributed by atoms with Crippen LogP contribution in [0.1, 0.15) is 32.1 Å². The molecule has 2 N–H and O–H groups in total. The zero-order chi connectivity index (χ0) is 14.2. The summed E-state index contributed by atoms with van der Waals surface area (Å²) in [6.07, 6.45) is 6.35. The molecule has 0 aromatic carbocycles. The van der Waals surface area contributed by atoms with Crippen LogP contribution < -0.4 is 10.6 Å². The molecule has 0 radical (unpaired) electrons. The van der Waals surface area contributed by atoms with E-state index in [0.717, 1.165) is 25.9 Å². The molecule has 6 heteroatoms. The van der Waals surface area contributed by atoms with Crippen molar-refractivity contribution in [1.29, 1.82) is 0 Å². The third kappa shape index (κ3) is 4.76. The summed E-state index contributed by atoms with van der Waals surface area (Å²) in [6.45, 7) is 3.61. The van der Waals surface area contributed by atoms with E-state index in [1.807, 2.05) is 0 Å². The molecule has 2 aliphatic rings. The van der Waals surface area contributed by atoms with Gasteiger partial charge in [-0.3, -0.25) is 9.59 Å². The third-order valence-corrected chi connectivity index (χ3v) is 3.89. The van der Waals surface area contributed by atoms with Gasteiger partial charge in [0.05, 0.1) is 12.7 Å². The van der Waals surface area contributed by atoms with Crippen molar-refractivity contribution in [2.45, 2.75) is 38.2 Å². The first-order chi connectivity index (χ1) is 9.77. The Balaban J connectivity index is 1.58. The van der Waals surface area contributed by atoms with Gasteiger partial charge in [0.25, 0.3) is 0 Å². The summed E-state index contributed by atoms with van der Waals surface area (Å²) in [4.78, 5) is 25.1. The fraction of sp³-hybridized carbons (Fsp3) is 0.857. The summed E-state index contributed by atoms with van der Waals surface area (Å²) in [5.41, 5.74) is 0. The molecule has 0 atom stereocenters. The molecule has 1 aliphatic heterocycles. The molecule has 1 saturated heterocycles. The van der Waals surface area contributed by atoms with Gasteiger partial charge in [-0.2, -0.15) is 0 Å². The highest BCUT2D eigenvalue weighted by Gasteiger charge is 2.22. The standard InChI is InChI=1S/C14H25N3O3/c18-13(14(19)17-9-6-15-7-10-17)16-8-11-20-12-4-2-1-3-5-12/h12,15H,1-11H2,(H,16,18). The van der Waals surface area contributed by atoms with Gasteiger partial charge >= 0.3 is 11.8 Å². The van der Waals surface area contributed by atoms with E-state index >= 15 is 0 Å². The maximum absolute atomic E-state index is 11.8. The molecule has 6 nitrogen and oxygen atoms in total. The van der Waals surface area contributed by atoms with Crippen LogP contribution in [0.15, 0.2) is 0 Å². The molecule has 1 heterocycles. The Kier molecular flexibility index (Phi) is 6.26. The van der Waals surface area contributed by atoms with Gasteiger partial charge in [0.15, 0.2) is 0 Å². The van der Waals surface area contributed by atoms with E-state index in [4.69, 9.17) is 4.74 Å². The normalized spacial score (nSPS) is 20.7. The van der Waals surface area contributed by atoms with Crippen molar-refractivity contribution in [1.82, 2.24) is 15.5 Å². The molecule has 2 rings (SSSR count). The van der Waals surface area contributed by atoms with Crippen molar-refractivity contribution in [3.05, 3.63) is 0 Å². The van der Waals surface area contributed by atoms with Crippen LogP contribution in [0, 0.1) is 0 Å². The Labute approximate surface area is 120 Å². The number of nitrogens with one attached hydrogen (secondary N) is 2. The van der Waals surface area contributed by atoms with Crippen LogP contribution in [-0.4, -0.2) is 62.1 Å². The minimum absolute atomic E-state index is 0.338. The highest BCUT2D eigenvalue weighted by atomic mass is 16.5. The maximum atomic E-state index is 11.8. The van der Waals surface area contributed by atoms with Crippen LogP contribution in [0.4, 0.5) is 0 Å². The van der Waals surface area contributed by atoms with E-state index in [2.05, 4.69) is 10.6 Å². The van der Waals surface area contributed by atoms with Crippen LogP contribution in [0.25, 0.3) is 0 Å². The molecule has 0 unspecified atom stereocenters. The number of rotatable bonds is 4. The van der Waals surface area contributed by atoms with Crippen molar-refractivity contribution in [2.75, 3.05) is 39.3 Å². The van der Waals surface area contributed by atoms with Gasteiger partial charge in [-0.15, -0.1) is 0 Å². The summed E-state index contributed by atoms with van der Waals surface area (Å²) in [7, 11) is 0. The highest BCUT2D eigenvalue weighted by Crippen LogP contribution is 2.19. The second-order valence-electron chi connectivity index (χ2n) is 5.43. The third-order valence-electron chi connectivity index (χ3n) is 3.89. The average molecular weight is 283 g/mol. The molecule has 1 saturated carbocycles. The lowest BCUT2D eigenvalue weighted by molar-refractivity contribution is -0.146. The van der Waals surface area contributed by atoms with E-state index in [9.17, 15) is 9.59 Å². The van der Waals surface area contributed by atoms with Gasteiger partial charge in [-0.1, -0.05) is 19.3 Å². The number of amides is 2. The first-order valence-electron chi connectivity index (χ1n) is 7.67. The Morgan fingerprint density at radius 2 is 1.85 bits per heavy atom. The number of hydrogen-bond acceptors (Lipinski definition) is 4. The van der Waals surface area contributed by atoms with Crippen molar-refractivity contribution in [3.63, 3.8) is 0 Å². The molecule has 2 amide bonds. The molecule has 0 aromatic rings. The quantitative estimate of drug-likeness (QED) is 0.557. The molecular weight excluding hydrogens is 258 g/mol. The van der Waals surface area contributed by atoms with Gasteiger partial charge in [-0.05, 0) is 12.8 Å². The highest BCUT2D eigenvalue weighted by molar-refractivity contribution is 6.35. The van der Waals surface area contributed by atoms with E-state index in [0.29, 0.717) is 32.3 Å². The predicted molar refractivity (Wildman–Crippen MR) is 75.3 cm³/mol. The van der Waals surface area contributed by atoms with Gasteiger partial charge < -0.3 is 20.3 Å². The minimum Gasteiger partial charge on any atom is -0.376 e. The van der Waals surface area contributed by atoms with E-state index in [1.165, 1.54) is 19.3 Å². The van der Waals surface area contributed by atoms with Crippen molar-refractivity contribution < 1.29 is 14.3 Å². The van der Waals surface area contributed by atoms with Crippen LogP contribution in [0.5, 0.6) is 0 Å². The Morgan fingerprint density at radius 1 is 1.15 bits per heavy atom. The van der Waals surface area contributed by atoms with Crippen LogP contribution in [0.2, 0.25) is 0 Å². The van der Waals surface area contributed by atoms with Crippen LogP contribution in [0.3, 0.4) is 0 Å². The topological polar surface area (TPSA) is 70.7 Å². The summed E-state index contributed by atoms with van der Waals surface area (Å²) in [6, 6.07) is 0. The van der Waals surface area contributed by atoms with Crippen molar-refractivity contribution in [3.8, 4) is 0 Å². The summed E-state index contributed by atoms with van der Waals surface area (Å²) >= 11 is 0. The summed E-state index contributed by atoms with van der Waals surface area (Å²) in [5, 5.41) is 5.80. The molecule has 1 aliphatic carbocycles. The maximum Gasteiger partial charge on any atom is 0.311 e. The first-order valence-corrected chi connectivity index (χ1v) is 7.67. The second-order valence-corrected chi connectivity index (χ2v) is 5.43. The van der Waals surface area contributed by atoms with E-state index in [-0.39, 0.29) is 0 Å². The molecule has 20 heavy (non-hydrogen) atoms. The molecule has 0 aromatic heterocycles. The Hall–Kier alpha value is -1.14. The lowest BCUT2D eigenvalue weighted by atomic mass is 9.98. The van der Waals surface area contributed by atoms with Crippen molar-refractivity contribution >= 4 is 11.8 Å². The molecule has 0 spiro atoms. The molecule has 0 bridgehead atoms. The van der Waals surface area contributed by atoms with Gasteiger partial charge in [-0.25, -0.2) is 0 Å². The Bertz CT molecular complexity index is 324. The number of ether oxygens (including phenoxy) is 1. The minimum atomic E-state index is -0.515. The zero-order valence-corrected chi connectivity index (χ0v) is 12.0. The number of carbonyl (C=O) groups excluding carboxylic acids is 2. The SMILES string of the molecule is O=C(NCCOC1CCCCC1)C(=O)N1CCNCC1. The fourth-order valence-corrected chi connectivity index (χ4v) is 2.71. The van der Waals surface area contributed by atoms with Crippen LogP contribution >= 0.6 is 0 Å². The fourth-order valence-electron chi connectivity index (χ4n) is 2.71. The number of hydrogen-bond donors (Lipinski definition) is 2. The first kappa shape index (κ1) is 15.3. The van der Waals surface area contributed by atoms with Gasteiger partial charge in [0.1, 0.15) is 0 Å². The molecule has 2 fully saturated rings. The number of carbonyl (C=O) groups is 2. The molecular formula is C14H25N3O3. The predicted octanol–water partition coefficient (Wildman–Crippen LogP) is -0.116. The van der Waals surface area contributed by atoms with Gasteiger partial charge in [0.2, 0.25) is 0 Å². The monoisotopic (exact) mass is 283 g/mol. The summed E-state index contributed by atoms with van der Waals surface area (Å²) in [5.74, 6) is -0.941. The molecule has 114 valence electrons. The zero-order valence-electron chi connectivity index (χ0n) is 12.0. The van der Waals surface area contributed by atoms with Crippen molar-refractivity contribution in [2.24, 2.45) is 0 Å². The van der Waals surface area contributed by atoms with Crippen LogP contribution in [-0.2, 0) is 14.3 Å².